The van der Waals surface area contributed by atoms with Gasteiger partial charge in [0.1, 0.15) is 0 Å². The van der Waals surface area contributed by atoms with Gasteiger partial charge in [-0.1, -0.05) is 32.9 Å². The number of amides is 1. The number of carbonyl (C=O) groups is 1. The zero-order valence-corrected chi connectivity index (χ0v) is 17.3. The molecule has 0 aliphatic carbocycles. The molecule has 3 rings (SSSR count). The Morgan fingerprint density at radius 1 is 1.03 bits per heavy atom. The summed E-state index contributed by atoms with van der Waals surface area (Å²) in [5.74, 6) is -0.349. The van der Waals surface area contributed by atoms with Gasteiger partial charge in [-0.05, 0) is 42.2 Å². The molecule has 0 fully saturated rings. The van der Waals surface area contributed by atoms with E-state index < -0.39 is 15.7 Å². The van der Waals surface area contributed by atoms with Crippen LogP contribution in [0.3, 0.4) is 0 Å². The van der Waals surface area contributed by atoms with Crippen LogP contribution in [0.5, 0.6) is 0 Å². The lowest BCUT2D eigenvalue weighted by Crippen LogP contribution is -2.28. The van der Waals surface area contributed by atoms with Crippen LogP contribution in [0, 0.1) is 5.41 Å². The maximum Gasteiger partial charge on any atom is 0.323 e. The molecule has 0 atom stereocenters. The lowest BCUT2D eigenvalue weighted by Gasteiger charge is -2.18. The van der Waals surface area contributed by atoms with Crippen LogP contribution in [0.2, 0.25) is 0 Å². The first-order valence-electron chi connectivity index (χ1n) is 9.17. The predicted octanol–water partition coefficient (Wildman–Crippen LogP) is 2.82. The average Bonchev–Trinajstić information content (AvgIpc) is 2.99. The van der Waals surface area contributed by atoms with Gasteiger partial charge >= 0.3 is 5.69 Å². The van der Waals surface area contributed by atoms with Gasteiger partial charge in [0.05, 0.1) is 27.2 Å². The Labute approximate surface area is 168 Å². The van der Waals surface area contributed by atoms with E-state index in [-0.39, 0.29) is 27.5 Å². The van der Waals surface area contributed by atoms with E-state index in [4.69, 9.17) is 0 Å². The highest BCUT2D eigenvalue weighted by Crippen LogP contribution is 2.22. The summed E-state index contributed by atoms with van der Waals surface area (Å²) in [4.78, 5) is 29.0. The first-order chi connectivity index (χ1) is 13.5. The Morgan fingerprint density at radius 3 is 2.45 bits per heavy atom. The van der Waals surface area contributed by atoms with Crippen LogP contribution in [0.15, 0.2) is 52.2 Å². The van der Waals surface area contributed by atoms with Crippen molar-refractivity contribution in [3.63, 3.8) is 0 Å². The highest BCUT2D eigenvalue weighted by atomic mass is 32.2. The second-order valence-corrected chi connectivity index (χ2v) is 9.69. The Balaban J connectivity index is 1.83. The highest BCUT2D eigenvalue weighted by Gasteiger charge is 2.20. The van der Waals surface area contributed by atoms with Crippen LogP contribution in [-0.4, -0.2) is 30.8 Å². The van der Waals surface area contributed by atoms with Gasteiger partial charge in [0.15, 0.2) is 0 Å². The third kappa shape index (κ3) is 5.05. The van der Waals surface area contributed by atoms with Crippen LogP contribution < -0.4 is 15.7 Å². The van der Waals surface area contributed by atoms with Crippen LogP contribution in [0.1, 0.15) is 37.6 Å². The monoisotopic (exact) mass is 416 g/mol. The van der Waals surface area contributed by atoms with Crippen molar-refractivity contribution in [3.8, 4) is 0 Å². The summed E-state index contributed by atoms with van der Waals surface area (Å²) in [7, 11) is -3.96. The number of imidazole rings is 1. The van der Waals surface area contributed by atoms with Crippen molar-refractivity contribution in [2.24, 2.45) is 5.41 Å². The molecule has 0 saturated heterocycles. The van der Waals surface area contributed by atoms with Gasteiger partial charge < -0.3 is 15.3 Å². The molecule has 0 aliphatic rings. The topological polar surface area (TPSA) is 124 Å². The molecule has 1 heterocycles. The zero-order chi connectivity index (χ0) is 21.2. The first-order valence-corrected chi connectivity index (χ1v) is 10.7. The molecule has 0 saturated carbocycles. The fourth-order valence-corrected chi connectivity index (χ4v) is 3.90. The molecule has 0 unspecified atom stereocenters. The third-order valence-electron chi connectivity index (χ3n) is 4.37. The van der Waals surface area contributed by atoms with Crippen LogP contribution in [0.25, 0.3) is 11.0 Å². The highest BCUT2D eigenvalue weighted by molar-refractivity contribution is 7.92. The summed E-state index contributed by atoms with van der Waals surface area (Å²) in [6, 6.07) is 10.7. The molecule has 0 spiro atoms. The number of para-hydroxylation sites is 1. The lowest BCUT2D eigenvalue weighted by atomic mass is 9.92. The number of H-pyrrole nitrogens is 2. The summed E-state index contributed by atoms with van der Waals surface area (Å²) in [5.41, 5.74) is 0.967. The molecule has 8 nitrogen and oxygen atoms in total. The number of anilines is 1. The van der Waals surface area contributed by atoms with Crippen molar-refractivity contribution in [3.05, 3.63) is 58.5 Å². The number of benzene rings is 2. The summed E-state index contributed by atoms with van der Waals surface area (Å²) < 4.78 is 28.1. The molecular weight excluding hydrogens is 392 g/mol. The van der Waals surface area contributed by atoms with Crippen LogP contribution in [0.4, 0.5) is 5.69 Å². The molecule has 1 aromatic heterocycles. The first kappa shape index (κ1) is 20.7. The fourth-order valence-electron chi connectivity index (χ4n) is 2.80. The van der Waals surface area contributed by atoms with Crippen molar-refractivity contribution < 1.29 is 13.2 Å². The van der Waals surface area contributed by atoms with E-state index >= 15 is 0 Å². The van der Waals surface area contributed by atoms with Gasteiger partial charge in [-0.2, -0.15) is 0 Å². The minimum Gasteiger partial charge on any atom is -0.352 e. The molecule has 29 heavy (non-hydrogen) atoms. The molecule has 154 valence electrons. The maximum atomic E-state index is 12.8. The Bertz CT molecular complexity index is 1200. The van der Waals surface area contributed by atoms with Crippen LogP contribution in [-0.2, 0) is 10.0 Å². The minimum atomic E-state index is -3.96. The predicted molar refractivity (Wildman–Crippen MR) is 113 cm³/mol. The van der Waals surface area contributed by atoms with E-state index in [1.54, 1.807) is 18.2 Å². The second-order valence-electron chi connectivity index (χ2n) is 8.00. The number of carbonyl (C=O) groups excluding carboxylic acids is 1. The molecule has 4 N–H and O–H groups in total. The minimum absolute atomic E-state index is 0.0248. The lowest BCUT2D eigenvalue weighted by molar-refractivity contribution is 0.0950. The number of aromatic nitrogens is 2. The number of fused-ring (bicyclic) bond motifs is 1. The number of nitrogens with one attached hydrogen (secondary N) is 4. The maximum absolute atomic E-state index is 12.8. The Kier molecular flexibility index (Phi) is 5.52. The molecule has 1 amide bonds. The average molecular weight is 417 g/mol. The normalized spacial score (nSPS) is 12.1. The quantitative estimate of drug-likeness (QED) is 0.493. The van der Waals surface area contributed by atoms with E-state index in [1.807, 2.05) is 0 Å². The number of hydrogen-bond donors (Lipinski definition) is 4. The van der Waals surface area contributed by atoms with Crippen molar-refractivity contribution in [1.82, 2.24) is 15.3 Å². The van der Waals surface area contributed by atoms with Crippen molar-refractivity contribution >= 4 is 32.7 Å². The summed E-state index contributed by atoms with van der Waals surface area (Å²) >= 11 is 0. The fraction of sp³-hybridized carbons (Fsp3) is 0.300. The van der Waals surface area contributed by atoms with Gasteiger partial charge in [0.25, 0.3) is 15.9 Å². The molecule has 0 bridgehead atoms. The van der Waals surface area contributed by atoms with Crippen LogP contribution >= 0.6 is 0 Å². The third-order valence-corrected chi connectivity index (χ3v) is 5.74. The Hall–Kier alpha value is -3.07. The zero-order valence-electron chi connectivity index (χ0n) is 16.5. The number of hydrogen-bond acceptors (Lipinski definition) is 4. The van der Waals surface area contributed by atoms with Gasteiger partial charge in [-0.15, -0.1) is 0 Å². The smallest absolute Gasteiger partial charge is 0.323 e. The Morgan fingerprint density at radius 2 is 1.72 bits per heavy atom. The van der Waals surface area contributed by atoms with E-state index in [0.717, 1.165) is 6.42 Å². The molecule has 0 radical (unpaired) electrons. The van der Waals surface area contributed by atoms with E-state index in [9.17, 15) is 18.0 Å². The number of aromatic amines is 2. The second kappa shape index (κ2) is 7.75. The van der Waals surface area contributed by atoms with E-state index in [2.05, 4.69) is 40.8 Å². The molecule has 0 aliphatic heterocycles. The molecule has 3 aromatic rings. The van der Waals surface area contributed by atoms with E-state index in [1.165, 1.54) is 24.3 Å². The van der Waals surface area contributed by atoms with Gasteiger partial charge in [-0.25, -0.2) is 13.2 Å². The van der Waals surface area contributed by atoms with Gasteiger partial charge in [0.2, 0.25) is 0 Å². The van der Waals surface area contributed by atoms with Crippen molar-refractivity contribution in [2.45, 2.75) is 32.1 Å². The van der Waals surface area contributed by atoms with Crippen molar-refractivity contribution in [1.29, 1.82) is 0 Å². The molecular formula is C20H24N4O4S. The summed E-state index contributed by atoms with van der Waals surface area (Å²) in [6.07, 6.45) is 0.793. The molecule has 9 heteroatoms. The number of rotatable bonds is 6. The summed E-state index contributed by atoms with van der Waals surface area (Å²) in [5, 5.41) is 2.83. The number of sulfonamides is 1. The summed E-state index contributed by atoms with van der Waals surface area (Å²) in [6.45, 7) is 6.72. The van der Waals surface area contributed by atoms with E-state index in [0.29, 0.717) is 17.6 Å². The largest absolute Gasteiger partial charge is 0.352 e. The van der Waals surface area contributed by atoms with Gasteiger partial charge in [-0.3, -0.25) is 9.52 Å². The van der Waals surface area contributed by atoms with Gasteiger partial charge in [0, 0.05) is 6.54 Å². The van der Waals surface area contributed by atoms with Crippen molar-refractivity contribution in [2.75, 3.05) is 11.3 Å². The standard InChI is InChI=1S/C20H24N4O4S/c1-20(2,3)10-11-21-18(25)14-6-4-5-7-15(14)24-29(27,28)13-8-9-16-17(12-13)23-19(26)22-16/h4-9,12,24H,10-11H2,1-3H3,(H,21,25)(H2,22,23,26). The SMILES string of the molecule is CC(C)(C)CCNC(=O)c1ccccc1NS(=O)(=O)c1ccc2[nH]c(=O)[nH]c2c1. The molecule has 2 aromatic carbocycles.